The number of unbranched alkanes of at least 4 members (excludes halogenated alkanes) is 1. The maximum Gasteiger partial charge on any atom is 0.220 e. The highest BCUT2D eigenvalue weighted by molar-refractivity contribution is 5.81. The van der Waals surface area contributed by atoms with Gasteiger partial charge in [0.1, 0.15) is 49.2 Å². The first-order valence-electron chi connectivity index (χ1n) is 15.3. The van der Waals surface area contributed by atoms with Crippen molar-refractivity contribution in [3.63, 3.8) is 0 Å². The lowest BCUT2D eigenvalue weighted by atomic mass is 10.0. The van der Waals surface area contributed by atoms with Crippen LogP contribution in [0.4, 0.5) is 5.82 Å². The molecule has 2 fully saturated rings. The number of anilines is 1. The number of nitrogens with one attached hydrogen (secondary N) is 1. The van der Waals surface area contributed by atoms with Crippen LogP contribution in [0.1, 0.15) is 31.9 Å². The SMILES string of the molecule is COC[C@H]1O[C@@H](n2cnc3c(N)ncnc32)[C@H](OCOCCOCCNC(=O)CCCCO[C@H]2C[C@@H](O)[C@@H](O)[C@@H](CO)O2)[C@@H]1OC. The van der Waals surface area contributed by atoms with Crippen molar-refractivity contribution in [3.8, 4) is 0 Å². The summed E-state index contributed by atoms with van der Waals surface area (Å²) in [6.07, 6.45) is -1.22. The van der Waals surface area contributed by atoms with E-state index in [-0.39, 0.29) is 31.5 Å². The Kier molecular flexibility index (Phi) is 14.7. The predicted octanol–water partition coefficient (Wildman–Crippen LogP) is -1.52. The molecule has 4 heterocycles. The van der Waals surface area contributed by atoms with E-state index in [1.165, 1.54) is 6.33 Å². The molecule has 1 amide bonds. The van der Waals surface area contributed by atoms with E-state index in [1.807, 2.05) is 0 Å². The molecular weight excluding hydrogens is 612 g/mol. The lowest BCUT2D eigenvalue weighted by Crippen LogP contribution is -2.50. The molecule has 8 atom stereocenters. The van der Waals surface area contributed by atoms with Gasteiger partial charge < -0.3 is 64.3 Å². The van der Waals surface area contributed by atoms with Gasteiger partial charge in [-0.1, -0.05) is 0 Å². The van der Waals surface area contributed by atoms with Crippen LogP contribution in [0.5, 0.6) is 0 Å². The average Bonchev–Trinajstić information content (AvgIpc) is 3.63. The van der Waals surface area contributed by atoms with Crippen LogP contribution in [0, 0.1) is 0 Å². The maximum atomic E-state index is 12.1. The lowest BCUT2D eigenvalue weighted by Gasteiger charge is -2.36. The minimum absolute atomic E-state index is 0.0466. The molecule has 2 aromatic heterocycles. The summed E-state index contributed by atoms with van der Waals surface area (Å²) in [4.78, 5) is 24.7. The summed E-state index contributed by atoms with van der Waals surface area (Å²) in [5, 5.41) is 31.6. The summed E-state index contributed by atoms with van der Waals surface area (Å²) in [6, 6.07) is 0. The minimum atomic E-state index is -1.14. The van der Waals surface area contributed by atoms with E-state index >= 15 is 0 Å². The van der Waals surface area contributed by atoms with Crippen molar-refractivity contribution >= 4 is 22.9 Å². The van der Waals surface area contributed by atoms with E-state index in [1.54, 1.807) is 25.1 Å². The Morgan fingerprint density at radius 1 is 1.04 bits per heavy atom. The van der Waals surface area contributed by atoms with E-state index in [0.29, 0.717) is 63.4 Å². The second-order valence-electron chi connectivity index (χ2n) is 10.8. The lowest BCUT2D eigenvalue weighted by molar-refractivity contribution is -0.256. The topological polar surface area (TPSA) is 233 Å². The maximum absolute atomic E-state index is 12.1. The Hall–Kier alpha value is -2.62. The Labute approximate surface area is 266 Å². The molecule has 18 nitrogen and oxygen atoms in total. The van der Waals surface area contributed by atoms with Crippen LogP contribution in [0.25, 0.3) is 11.2 Å². The Balaban J connectivity index is 1.07. The highest BCUT2D eigenvalue weighted by Crippen LogP contribution is 2.35. The standard InChI is InChI=1S/C28H46N6O12/c1-39-13-19-24(40-2)25(28(46-19)34-15-33-22-26(29)31-14-32-27(22)34)44-16-42-10-9-41-8-6-30-20(37)5-3-4-7-43-21-11-17(36)23(38)18(12-35)45-21/h14-15,17-19,21,23-25,28,35-36,38H,3-13,16H2,1-2H3,(H,30,37)(H2,29,31,32)/t17-,18-,19-,21-,23-,24-,25-,28-/m1/s1. The zero-order chi connectivity index (χ0) is 32.9. The average molecular weight is 659 g/mol. The number of nitrogens with zero attached hydrogens (tertiary/aromatic N) is 4. The third-order valence-corrected chi connectivity index (χ3v) is 7.65. The number of hydrogen-bond donors (Lipinski definition) is 5. The number of imidazole rings is 1. The number of ether oxygens (including phenoxy) is 8. The quantitative estimate of drug-likeness (QED) is 0.0802. The Morgan fingerprint density at radius 3 is 2.65 bits per heavy atom. The van der Waals surface area contributed by atoms with Gasteiger partial charge >= 0.3 is 0 Å². The fourth-order valence-corrected chi connectivity index (χ4v) is 5.28. The van der Waals surface area contributed by atoms with Crippen molar-refractivity contribution in [1.29, 1.82) is 0 Å². The highest BCUT2D eigenvalue weighted by Gasteiger charge is 2.47. The van der Waals surface area contributed by atoms with Gasteiger partial charge in [0.25, 0.3) is 0 Å². The molecule has 2 aliphatic rings. The molecule has 4 rings (SSSR count). The van der Waals surface area contributed by atoms with Crippen molar-refractivity contribution < 1.29 is 58.0 Å². The van der Waals surface area contributed by atoms with Gasteiger partial charge in [-0.15, -0.1) is 0 Å². The second kappa shape index (κ2) is 18.6. The molecule has 46 heavy (non-hydrogen) atoms. The number of amides is 1. The molecule has 0 spiro atoms. The summed E-state index contributed by atoms with van der Waals surface area (Å²) in [7, 11) is 3.15. The number of aromatic nitrogens is 4. The van der Waals surface area contributed by atoms with E-state index in [2.05, 4.69) is 20.3 Å². The molecule has 2 aliphatic heterocycles. The van der Waals surface area contributed by atoms with Crippen molar-refractivity contribution in [2.75, 3.05) is 72.9 Å². The molecule has 6 N–H and O–H groups in total. The van der Waals surface area contributed by atoms with Crippen molar-refractivity contribution in [1.82, 2.24) is 24.8 Å². The van der Waals surface area contributed by atoms with Gasteiger partial charge in [0, 0.05) is 40.2 Å². The highest BCUT2D eigenvalue weighted by atomic mass is 16.7. The van der Waals surface area contributed by atoms with Crippen molar-refractivity contribution in [3.05, 3.63) is 12.7 Å². The number of nitrogens with two attached hydrogens (primary N) is 1. The third-order valence-electron chi connectivity index (χ3n) is 7.65. The number of aliphatic hydroxyl groups excluding tert-OH is 3. The molecule has 0 aromatic carbocycles. The van der Waals surface area contributed by atoms with Crippen LogP contribution in [0.2, 0.25) is 0 Å². The summed E-state index contributed by atoms with van der Waals surface area (Å²) in [5.41, 5.74) is 6.90. The summed E-state index contributed by atoms with van der Waals surface area (Å²) < 4.78 is 47.2. The monoisotopic (exact) mass is 658 g/mol. The zero-order valence-corrected chi connectivity index (χ0v) is 26.1. The summed E-state index contributed by atoms with van der Waals surface area (Å²) in [6.45, 7) is 1.40. The van der Waals surface area contributed by atoms with E-state index < -0.39 is 55.7 Å². The van der Waals surface area contributed by atoms with Crippen LogP contribution in [-0.2, 0) is 42.7 Å². The number of aliphatic hydroxyl groups is 3. The van der Waals surface area contributed by atoms with Crippen LogP contribution >= 0.6 is 0 Å². The molecule has 18 heteroatoms. The molecule has 0 unspecified atom stereocenters. The van der Waals surface area contributed by atoms with Gasteiger partial charge in [-0.3, -0.25) is 9.36 Å². The van der Waals surface area contributed by atoms with Gasteiger partial charge in [-0.05, 0) is 12.8 Å². The predicted molar refractivity (Wildman–Crippen MR) is 158 cm³/mol. The smallest absolute Gasteiger partial charge is 0.220 e. The number of rotatable bonds is 20. The van der Waals surface area contributed by atoms with Gasteiger partial charge in [0.05, 0.1) is 45.5 Å². The number of methoxy groups -OCH3 is 2. The first-order chi connectivity index (χ1) is 22.4. The molecule has 0 radical (unpaired) electrons. The molecule has 0 aliphatic carbocycles. The molecule has 260 valence electrons. The molecule has 0 saturated carbocycles. The fraction of sp³-hybridized carbons (Fsp3) is 0.786. The van der Waals surface area contributed by atoms with Crippen molar-refractivity contribution in [2.45, 2.75) is 74.8 Å². The van der Waals surface area contributed by atoms with Crippen LogP contribution < -0.4 is 11.1 Å². The molecular formula is C28H46N6O12. The Bertz CT molecular complexity index is 1190. The second-order valence-corrected chi connectivity index (χ2v) is 10.8. The van der Waals surface area contributed by atoms with Crippen molar-refractivity contribution in [2.24, 2.45) is 0 Å². The largest absolute Gasteiger partial charge is 0.394 e. The van der Waals surface area contributed by atoms with Crippen LogP contribution in [0.3, 0.4) is 0 Å². The first-order valence-corrected chi connectivity index (χ1v) is 15.3. The van der Waals surface area contributed by atoms with E-state index in [0.717, 1.165) is 0 Å². The van der Waals surface area contributed by atoms with Crippen LogP contribution in [0.15, 0.2) is 12.7 Å². The first kappa shape index (κ1) is 36.2. The normalized spacial score (nSPS) is 28.2. The van der Waals surface area contributed by atoms with Gasteiger partial charge in [-0.2, -0.15) is 0 Å². The third kappa shape index (κ3) is 9.71. The van der Waals surface area contributed by atoms with Gasteiger partial charge in [0.2, 0.25) is 5.91 Å². The minimum Gasteiger partial charge on any atom is -0.394 e. The number of fused-ring (bicyclic) bond motifs is 1. The number of carbonyl (C=O) groups is 1. The van der Waals surface area contributed by atoms with E-state index in [9.17, 15) is 20.1 Å². The molecule has 2 saturated heterocycles. The molecule has 0 bridgehead atoms. The molecule has 2 aromatic rings. The fourth-order valence-electron chi connectivity index (χ4n) is 5.28. The number of nitrogen functional groups attached to an aromatic ring is 1. The number of hydrogen-bond acceptors (Lipinski definition) is 16. The van der Waals surface area contributed by atoms with E-state index in [4.69, 9.17) is 43.6 Å². The summed E-state index contributed by atoms with van der Waals surface area (Å²) in [5.74, 6) is 0.156. The van der Waals surface area contributed by atoms with Gasteiger partial charge in [0.15, 0.2) is 24.0 Å². The van der Waals surface area contributed by atoms with Gasteiger partial charge in [-0.25, -0.2) is 15.0 Å². The number of carbonyl (C=O) groups excluding carboxylic acids is 1. The zero-order valence-electron chi connectivity index (χ0n) is 26.1. The summed E-state index contributed by atoms with van der Waals surface area (Å²) >= 11 is 0. The Morgan fingerprint density at radius 2 is 1.87 bits per heavy atom. The van der Waals surface area contributed by atoms with Crippen LogP contribution in [-0.4, -0.2) is 151 Å².